The molecule has 2 N–H and O–H groups in total. The Morgan fingerprint density at radius 2 is 1.78 bits per heavy atom. The molecule has 1 saturated carbocycles. The third-order valence-corrected chi connectivity index (χ3v) is 9.58. The number of carbonyl (C=O) groups excluding carboxylic acids is 3. The van der Waals surface area contributed by atoms with Gasteiger partial charge in [0.2, 0.25) is 5.91 Å². The molecule has 244 valence electrons. The number of para-hydroxylation sites is 1. The molecule has 1 aliphatic carbocycles. The number of halogens is 3. The van der Waals surface area contributed by atoms with Crippen LogP contribution in [-0.2, 0) is 30.5 Å². The first-order valence-electron chi connectivity index (χ1n) is 14.5. The maximum absolute atomic E-state index is 13.6. The number of likely N-dealkylation sites (tertiary alicyclic amines) is 1. The molecule has 1 aromatic heterocycles. The fraction of sp³-hybridized carbons (Fsp3) is 0.375. The van der Waals surface area contributed by atoms with Gasteiger partial charge in [0.05, 0.1) is 22.4 Å². The number of nitrogens with zero attached hydrogens (tertiary/aromatic N) is 2. The Hall–Kier alpha value is -4.46. The molecule has 0 radical (unpaired) electrons. The second-order valence-electron chi connectivity index (χ2n) is 12.5. The van der Waals surface area contributed by atoms with Crippen LogP contribution >= 0.6 is 0 Å². The summed E-state index contributed by atoms with van der Waals surface area (Å²) in [5.74, 6) is -3.82. The summed E-state index contributed by atoms with van der Waals surface area (Å²) in [6, 6.07) is 10.6. The Morgan fingerprint density at radius 3 is 2.39 bits per heavy atom. The Labute approximate surface area is 263 Å². The van der Waals surface area contributed by atoms with Crippen LogP contribution in [0, 0.1) is 17.3 Å². The Bertz CT molecular complexity index is 1830. The molecule has 5 rings (SSSR count). The lowest BCUT2D eigenvalue weighted by Crippen LogP contribution is -2.39. The highest BCUT2D eigenvalue weighted by Gasteiger charge is 2.58. The van der Waals surface area contributed by atoms with Gasteiger partial charge in [-0.1, -0.05) is 30.3 Å². The van der Waals surface area contributed by atoms with Gasteiger partial charge in [-0.15, -0.1) is 6.58 Å². The summed E-state index contributed by atoms with van der Waals surface area (Å²) in [5, 5.41) is 0.632. The van der Waals surface area contributed by atoms with Crippen LogP contribution < -0.4 is 4.72 Å². The molecule has 3 amide bonds. The van der Waals surface area contributed by atoms with Gasteiger partial charge in [-0.2, -0.15) is 13.2 Å². The third-order valence-electron chi connectivity index (χ3n) is 8.21. The third kappa shape index (κ3) is 6.57. The van der Waals surface area contributed by atoms with Crippen LogP contribution in [-0.4, -0.2) is 61.1 Å². The van der Waals surface area contributed by atoms with Crippen molar-refractivity contribution >= 4 is 45.0 Å². The van der Waals surface area contributed by atoms with Crippen LogP contribution in [0.15, 0.2) is 77.3 Å². The number of fused-ring (bicyclic) bond motifs is 1. The van der Waals surface area contributed by atoms with Gasteiger partial charge in [-0.25, -0.2) is 22.9 Å². The van der Waals surface area contributed by atoms with Crippen molar-refractivity contribution in [1.82, 2.24) is 14.6 Å². The van der Waals surface area contributed by atoms with Crippen molar-refractivity contribution in [2.24, 2.45) is 22.2 Å². The van der Waals surface area contributed by atoms with E-state index in [1.54, 1.807) is 45.2 Å². The van der Waals surface area contributed by atoms with Gasteiger partial charge in [0.1, 0.15) is 10.5 Å². The number of hydrogen-bond donors (Lipinski definition) is 2. The standard InChI is InChI=1S/C32H33F3N4O6S/c1-5-21-15-31(21,28(41)38-46(43,44)25-8-6-7-20-13-14-36-26(20)25)18-37-27(40)24-17-39(29(42)45-30(2,3)4)16-23(24)19-9-11-22(12-10-19)32(33,34)35/h5-14,18,21,23-24,36H,1,15-17H2,2-4H3,(H,38,41)/t21-,23+,24?,31-/m1/s1. The van der Waals surface area contributed by atoms with E-state index in [2.05, 4.69) is 21.3 Å². The van der Waals surface area contributed by atoms with Gasteiger partial charge >= 0.3 is 12.3 Å². The van der Waals surface area contributed by atoms with Crippen molar-refractivity contribution in [3.63, 3.8) is 0 Å². The monoisotopic (exact) mass is 658 g/mol. The Morgan fingerprint density at radius 1 is 1.09 bits per heavy atom. The minimum Gasteiger partial charge on any atom is -0.444 e. The lowest BCUT2D eigenvalue weighted by molar-refractivity contribution is -0.137. The topological polar surface area (TPSA) is 138 Å². The zero-order valence-corrected chi connectivity index (χ0v) is 26.1. The van der Waals surface area contributed by atoms with Crippen LogP contribution in [0.3, 0.4) is 0 Å². The van der Waals surface area contributed by atoms with E-state index in [1.807, 2.05) is 0 Å². The number of benzene rings is 2. The molecule has 46 heavy (non-hydrogen) atoms. The van der Waals surface area contributed by atoms with Gasteiger partial charge < -0.3 is 14.6 Å². The highest BCUT2D eigenvalue weighted by molar-refractivity contribution is 7.90. The van der Waals surface area contributed by atoms with Crippen molar-refractivity contribution in [3.05, 3.63) is 78.5 Å². The van der Waals surface area contributed by atoms with Gasteiger partial charge in [0, 0.05) is 36.8 Å². The molecule has 0 spiro atoms. The lowest BCUT2D eigenvalue weighted by atomic mass is 9.88. The largest absolute Gasteiger partial charge is 0.444 e. The van der Waals surface area contributed by atoms with E-state index in [9.17, 15) is 36.0 Å². The smallest absolute Gasteiger partial charge is 0.416 e. The van der Waals surface area contributed by atoms with E-state index >= 15 is 0 Å². The van der Waals surface area contributed by atoms with Gasteiger partial charge in [0.15, 0.2) is 0 Å². The number of aromatic amines is 1. The average Bonchev–Trinajstić information content (AvgIpc) is 3.27. The molecule has 2 heterocycles. The first-order valence-corrected chi connectivity index (χ1v) is 15.9. The van der Waals surface area contributed by atoms with Gasteiger partial charge in [0.25, 0.3) is 15.9 Å². The fourth-order valence-corrected chi connectivity index (χ4v) is 6.93. The number of ether oxygens (including phenoxy) is 1. The number of rotatable bonds is 7. The van der Waals surface area contributed by atoms with E-state index in [0.29, 0.717) is 16.5 Å². The number of carbonyl (C=O) groups is 3. The number of amides is 3. The minimum atomic E-state index is -4.56. The zero-order chi connectivity index (χ0) is 33.7. The molecule has 14 heteroatoms. The summed E-state index contributed by atoms with van der Waals surface area (Å²) in [6.07, 6.45) is -0.946. The van der Waals surface area contributed by atoms with Crippen molar-refractivity contribution < 1.29 is 40.7 Å². The maximum Gasteiger partial charge on any atom is 0.416 e. The quantitative estimate of drug-likeness (QED) is 0.257. The number of hydrogen-bond acceptors (Lipinski definition) is 6. The molecule has 1 saturated heterocycles. The summed E-state index contributed by atoms with van der Waals surface area (Å²) in [6.45, 7) is 8.59. The van der Waals surface area contributed by atoms with E-state index in [1.165, 1.54) is 29.2 Å². The van der Waals surface area contributed by atoms with Crippen molar-refractivity contribution in [2.75, 3.05) is 13.1 Å². The van der Waals surface area contributed by atoms with Crippen molar-refractivity contribution in [3.8, 4) is 0 Å². The molecular weight excluding hydrogens is 625 g/mol. The first kappa shape index (κ1) is 32.9. The van der Waals surface area contributed by atoms with E-state index in [4.69, 9.17) is 4.74 Å². The summed E-state index contributed by atoms with van der Waals surface area (Å²) in [7, 11) is -4.33. The number of H-pyrrole nitrogens is 1. The molecule has 1 aliphatic heterocycles. The first-order chi connectivity index (χ1) is 21.4. The molecule has 3 aromatic rings. The van der Waals surface area contributed by atoms with E-state index < -0.39 is 68.4 Å². The predicted molar refractivity (Wildman–Crippen MR) is 163 cm³/mol. The highest BCUT2D eigenvalue weighted by atomic mass is 32.2. The number of aliphatic imine (C=N–C) groups is 1. The number of alkyl halides is 3. The summed E-state index contributed by atoms with van der Waals surface area (Å²) < 4.78 is 73.7. The van der Waals surface area contributed by atoms with Gasteiger partial charge in [-0.05, 0) is 62.9 Å². The molecule has 4 atom stereocenters. The van der Waals surface area contributed by atoms with Gasteiger partial charge in [-0.3, -0.25) is 9.59 Å². The minimum absolute atomic E-state index is 0.0182. The van der Waals surface area contributed by atoms with Crippen LogP contribution in [0.1, 0.15) is 44.2 Å². The van der Waals surface area contributed by atoms with Crippen molar-refractivity contribution in [2.45, 2.75) is 49.8 Å². The second kappa shape index (κ2) is 11.7. The molecule has 2 aromatic carbocycles. The molecular formula is C32H33F3N4O6S. The van der Waals surface area contributed by atoms with Crippen LogP contribution in [0.4, 0.5) is 18.0 Å². The lowest BCUT2D eigenvalue weighted by Gasteiger charge is -2.24. The molecule has 2 fully saturated rings. The molecule has 10 nitrogen and oxygen atoms in total. The SMILES string of the molecule is C=C[C@@H]1C[C@]1(C=NC(=O)C1CN(C(=O)OC(C)(C)C)C[C@H]1c1ccc(C(F)(F)F)cc1)C(=O)NS(=O)(=O)c1cccc2cc[nH]c12. The normalized spacial score (nSPS) is 23.4. The van der Waals surface area contributed by atoms with Crippen LogP contribution in [0.2, 0.25) is 0 Å². The second-order valence-corrected chi connectivity index (χ2v) is 14.2. The van der Waals surface area contributed by atoms with E-state index in [0.717, 1.165) is 18.3 Å². The maximum atomic E-state index is 13.6. The van der Waals surface area contributed by atoms with Crippen molar-refractivity contribution in [1.29, 1.82) is 0 Å². The average molecular weight is 659 g/mol. The summed E-state index contributed by atoms with van der Waals surface area (Å²) in [4.78, 5) is 48.0. The number of nitrogens with one attached hydrogen (secondary N) is 2. The highest BCUT2D eigenvalue weighted by Crippen LogP contribution is 2.52. The molecule has 0 bridgehead atoms. The molecule has 1 unspecified atom stereocenters. The number of sulfonamides is 1. The number of aromatic nitrogens is 1. The zero-order valence-electron chi connectivity index (χ0n) is 25.3. The fourth-order valence-electron chi connectivity index (χ4n) is 5.68. The van der Waals surface area contributed by atoms with Crippen LogP contribution in [0.5, 0.6) is 0 Å². The van der Waals surface area contributed by atoms with Crippen LogP contribution in [0.25, 0.3) is 10.9 Å². The Balaban J connectivity index is 1.40. The number of allylic oxidation sites excluding steroid dienone is 1. The summed E-state index contributed by atoms with van der Waals surface area (Å²) >= 11 is 0. The Kier molecular flexibility index (Phi) is 8.39. The van der Waals surface area contributed by atoms with E-state index in [-0.39, 0.29) is 24.4 Å². The predicted octanol–water partition coefficient (Wildman–Crippen LogP) is 5.43. The summed E-state index contributed by atoms with van der Waals surface area (Å²) in [5.41, 5.74) is -2.46. The molecule has 2 aliphatic rings.